The van der Waals surface area contributed by atoms with Crippen LogP contribution < -0.4 is 14.8 Å². The second-order valence-electron chi connectivity index (χ2n) is 8.71. The summed E-state index contributed by atoms with van der Waals surface area (Å²) in [5.41, 5.74) is 2.38. The molecular formula is C26H39N3O3. The topological polar surface area (TPSA) is 57.2 Å². The van der Waals surface area contributed by atoms with Crippen molar-refractivity contribution >= 4 is 0 Å². The Balaban J connectivity index is 1.40. The maximum Gasteiger partial charge on any atom is 0.161 e. The molecule has 0 spiro atoms. The van der Waals surface area contributed by atoms with Gasteiger partial charge in [0.25, 0.3) is 0 Å². The number of nitrogens with zero attached hydrogens (tertiary/aromatic N) is 2. The lowest BCUT2D eigenvalue weighted by atomic mass is 10.2. The van der Waals surface area contributed by atoms with E-state index >= 15 is 0 Å². The molecule has 0 amide bonds. The molecule has 6 heteroatoms. The van der Waals surface area contributed by atoms with Crippen LogP contribution in [0.25, 0.3) is 0 Å². The third kappa shape index (κ3) is 8.43. The van der Waals surface area contributed by atoms with Gasteiger partial charge in [-0.15, -0.1) is 0 Å². The summed E-state index contributed by atoms with van der Waals surface area (Å²) in [6, 6.07) is 16.3. The maximum atomic E-state index is 10.5. The lowest BCUT2D eigenvalue weighted by molar-refractivity contribution is 0.0732. The molecule has 1 aliphatic heterocycles. The molecule has 2 aromatic rings. The van der Waals surface area contributed by atoms with Crippen LogP contribution in [0, 0.1) is 0 Å². The van der Waals surface area contributed by atoms with E-state index in [2.05, 4.69) is 33.3 Å². The third-order valence-electron chi connectivity index (χ3n) is 5.83. The Morgan fingerprint density at radius 1 is 1.06 bits per heavy atom. The van der Waals surface area contributed by atoms with E-state index in [1.54, 1.807) is 7.11 Å². The fourth-order valence-electron chi connectivity index (χ4n) is 4.17. The number of likely N-dealkylation sites (N-methyl/N-ethyl adjacent to an activating group) is 1. The lowest BCUT2D eigenvalue weighted by Gasteiger charge is -2.21. The van der Waals surface area contributed by atoms with Crippen molar-refractivity contribution in [1.82, 2.24) is 15.1 Å². The van der Waals surface area contributed by atoms with Crippen LogP contribution in [0.1, 0.15) is 30.4 Å². The number of methoxy groups -OCH3 is 1. The molecule has 1 fully saturated rings. The van der Waals surface area contributed by atoms with Crippen LogP contribution in [0.5, 0.6) is 11.5 Å². The Hall–Kier alpha value is -2.12. The molecule has 6 nitrogen and oxygen atoms in total. The Bertz CT molecular complexity index is 781. The predicted molar refractivity (Wildman–Crippen MR) is 129 cm³/mol. The molecule has 0 aliphatic carbocycles. The van der Waals surface area contributed by atoms with E-state index in [0.717, 1.165) is 25.2 Å². The Kier molecular flexibility index (Phi) is 10.3. The van der Waals surface area contributed by atoms with Crippen molar-refractivity contribution < 1.29 is 14.6 Å². The number of aliphatic hydroxyl groups is 1. The number of hydrogen-bond donors (Lipinski definition) is 2. The molecule has 176 valence electrons. The Morgan fingerprint density at radius 3 is 2.59 bits per heavy atom. The number of rotatable bonds is 14. The SMILES string of the molecule is COc1ccc(CNCCCN2CCCC2)cc1OCC(O)CN(C)Cc1ccccc1. The molecule has 2 aromatic carbocycles. The van der Waals surface area contributed by atoms with Gasteiger partial charge in [0.2, 0.25) is 0 Å². The highest BCUT2D eigenvalue weighted by Gasteiger charge is 2.13. The molecule has 1 saturated heterocycles. The predicted octanol–water partition coefficient (Wildman–Crippen LogP) is 3.14. The first-order chi connectivity index (χ1) is 15.6. The molecule has 1 aliphatic rings. The summed E-state index contributed by atoms with van der Waals surface area (Å²) in [6.07, 6.45) is 3.28. The first kappa shape index (κ1) is 24.5. The van der Waals surface area contributed by atoms with Gasteiger partial charge in [-0.25, -0.2) is 0 Å². The van der Waals surface area contributed by atoms with Crippen molar-refractivity contribution in [2.24, 2.45) is 0 Å². The van der Waals surface area contributed by atoms with Gasteiger partial charge in [0.05, 0.1) is 7.11 Å². The first-order valence-electron chi connectivity index (χ1n) is 11.8. The molecular weight excluding hydrogens is 402 g/mol. The Labute approximate surface area is 193 Å². The summed E-state index contributed by atoms with van der Waals surface area (Å²) in [4.78, 5) is 4.65. The van der Waals surface area contributed by atoms with Crippen molar-refractivity contribution in [2.75, 3.05) is 53.5 Å². The number of likely N-dealkylation sites (tertiary alicyclic amines) is 1. The summed E-state index contributed by atoms with van der Waals surface area (Å²) in [5.74, 6) is 1.36. The van der Waals surface area contributed by atoms with Gasteiger partial charge >= 0.3 is 0 Å². The summed E-state index contributed by atoms with van der Waals surface area (Å²) in [6.45, 7) is 7.05. The van der Waals surface area contributed by atoms with Gasteiger partial charge in [0.15, 0.2) is 11.5 Å². The van der Waals surface area contributed by atoms with Crippen molar-refractivity contribution in [2.45, 2.75) is 38.5 Å². The normalized spacial score (nSPS) is 15.2. The maximum absolute atomic E-state index is 10.5. The fraction of sp³-hybridized carbons (Fsp3) is 0.538. The quantitative estimate of drug-likeness (QED) is 0.439. The van der Waals surface area contributed by atoms with Crippen LogP contribution in [-0.2, 0) is 13.1 Å². The monoisotopic (exact) mass is 441 g/mol. The smallest absolute Gasteiger partial charge is 0.161 e. The van der Waals surface area contributed by atoms with Crippen molar-refractivity contribution in [3.8, 4) is 11.5 Å². The summed E-state index contributed by atoms with van der Waals surface area (Å²) < 4.78 is 11.4. The highest BCUT2D eigenvalue weighted by molar-refractivity contribution is 5.43. The third-order valence-corrected chi connectivity index (χ3v) is 5.83. The molecule has 1 heterocycles. The molecule has 1 unspecified atom stereocenters. The van der Waals surface area contributed by atoms with Crippen molar-refractivity contribution in [3.05, 3.63) is 59.7 Å². The largest absolute Gasteiger partial charge is 0.493 e. The van der Waals surface area contributed by atoms with Gasteiger partial charge in [0.1, 0.15) is 12.7 Å². The zero-order chi connectivity index (χ0) is 22.6. The molecule has 0 saturated carbocycles. The van der Waals surface area contributed by atoms with Crippen LogP contribution in [0.4, 0.5) is 0 Å². The number of hydrogen-bond acceptors (Lipinski definition) is 6. The van der Waals surface area contributed by atoms with Crippen LogP contribution in [0.2, 0.25) is 0 Å². The van der Waals surface area contributed by atoms with Crippen LogP contribution >= 0.6 is 0 Å². The molecule has 0 bridgehead atoms. The Morgan fingerprint density at radius 2 is 1.84 bits per heavy atom. The molecule has 2 N–H and O–H groups in total. The number of ether oxygens (including phenoxy) is 2. The molecule has 3 rings (SSSR count). The van der Waals surface area contributed by atoms with E-state index in [1.165, 1.54) is 44.5 Å². The van der Waals surface area contributed by atoms with Crippen LogP contribution in [-0.4, -0.2) is 74.5 Å². The van der Waals surface area contributed by atoms with E-state index in [-0.39, 0.29) is 6.61 Å². The van der Waals surface area contributed by atoms with Gasteiger partial charge in [-0.2, -0.15) is 0 Å². The molecule has 0 aromatic heterocycles. The summed E-state index contributed by atoms with van der Waals surface area (Å²) in [5, 5.41) is 14.0. The van der Waals surface area contributed by atoms with Gasteiger partial charge in [-0.05, 0) is 75.7 Å². The van der Waals surface area contributed by atoms with Crippen molar-refractivity contribution in [1.29, 1.82) is 0 Å². The minimum absolute atomic E-state index is 0.224. The van der Waals surface area contributed by atoms with Crippen LogP contribution in [0.15, 0.2) is 48.5 Å². The van der Waals surface area contributed by atoms with E-state index < -0.39 is 6.10 Å². The number of aliphatic hydroxyl groups excluding tert-OH is 1. The highest BCUT2D eigenvalue weighted by Crippen LogP contribution is 2.28. The van der Waals surface area contributed by atoms with E-state index in [0.29, 0.717) is 18.0 Å². The highest BCUT2D eigenvalue weighted by atomic mass is 16.5. The lowest BCUT2D eigenvalue weighted by Crippen LogP contribution is -2.32. The first-order valence-corrected chi connectivity index (χ1v) is 11.8. The fourth-order valence-corrected chi connectivity index (χ4v) is 4.17. The van der Waals surface area contributed by atoms with Crippen molar-refractivity contribution in [3.63, 3.8) is 0 Å². The zero-order valence-corrected chi connectivity index (χ0v) is 19.6. The van der Waals surface area contributed by atoms with E-state index in [9.17, 15) is 5.11 Å². The number of nitrogens with one attached hydrogen (secondary N) is 1. The van der Waals surface area contributed by atoms with Gasteiger partial charge in [-0.1, -0.05) is 36.4 Å². The summed E-state index contributed by atoms with van der Waals surface area (Å²) in [7, 11) is 3.65. The molecule has 1 atom stereocenters. The summed E-state index contributed by atoms with van der Waals surface area (Å²) >= 11 is 0. The van der Waals surface area contributed by atoms with Gasteiger partial charge in [0, 0.05) is 19.6 Å². The number of benzene rings is 2. The average molecular weight is 442 g/mol. The van der Waals surface area contributed by atoms with Gasteiger partial charge in [-0.3, -0.25) is 4.90 Å². The minimum atomic E-state index is -0.583. The molecule has 32 heavy (non-hydrogen) atoms. The van der Waals surface area contributed by atoms with E-state index in [1.807, 2.05) is 37.4 Å². The molecule has 0 radical (unpaired) electrons. The average Bonchev–Trinajstić information content (AvgIpc) is 3.31. The zero-order valence-electron chi connectivity index (χ0n) is 19.6. The van der Waals surface area contributed by atoms with Crippen LogP contribution in [0.3, 0.4) is 0 Å². The standard InChI is InChI=1S/C26H39N3O3/c1-28(19-22-9-4-3-5-10-22)20-24(30)21-32-26-17-23(11-12-25(26)31-2)18-27-13-8-16-29-14-6-7-15-29/h3-5,9-12,17,24,27,30H,6-8,13-16,18-21H2,1-2H3. The minimum Gasteiger partial charge on any atom is -0.493 e. The second-order valence-corrected chi connectivity index (χ2v) is 8.71. The van der Waals surface area contributed by atoms with E-state index in [4.69, 9.17) is 9.47 Å². The second kappa shape index (κ2) is 13.4. The van der Waals surface area contributed by atoms with Gasteiger partial charge < -0.3 is 24.8 Å².